The lowest BCUT2D eigenvalue weighted by Crippen LogP contribution is -2.37. The molecule has 0 spiro atoms. The van der Waals surface area contributed by atoms with Crippen LogP contribution in [0.5, 0.6) is 0 Å². The summed E-state index contributed by atoms with van der Waals surface area (Å²) in [6, 6.07) is 11.6. The number of nitrogens with one attached hydrogen (secondary N) is 1. The van der Waals surface area contributed by atoms with Gasteiger partial charge in [-0.1, -0.05) is 41.6 Å². The van der Waals surface area contributed by atoms with Crippen LogP contribution in [-0.4, -0.2) is 56.4 Å². The first kappa shape index (κ1) is 20.9. The lowest BCUT2D eigenvalue weighted by Gasteiger charge is -2.29. The molecule has 0 unspecified atom stereocenters. The van der Waals surface area contributed by atoms with Crippen LogP contribution in [0.3, 0.4) is 0 Å². The van der Waals surface area contributed by atoms with Gasteiger partial charge in [-0.05, 0) is 60.1 Å². The molecule has 1 amide bonds. The minimum atomic E-state index is -0.0659. The number of carbonyl (C=O) groups is 1. The van der Waals surface area contributed by atoms with Gasteiger partial charge >= 0.3 is 0 Å². The second-order valence-corrected chi connectivity index (χ2v) is 8.42. The highest BCUT2D eigenvalue weighted by atomic mass is 35.5. The summed E-state index contributed by atoms with van der Waals surface area (Å²) in [6.45, 7) is 2.97. The average molecular weight is 447 g/mol. The molecule has 8 nitrogen and oxygen atoms in total. The summed E-state index contributed by atoms with van der Waals surface area (Å²) < 4.78 is 6.95. The fourth-order valence-electron chi connectivity index (χ4n) is 3.58. The Balaban J connectivity index is 1.33. The van der Waals surface area contributed by atoms with Crippen LogP contribution in [0, 0.1) is 0 Å². The zero-order valence-corrected chi connectivity index (χ0v) is 18.0. The summed E-state index contributed by atoms with van der Waals surface area (Å²) in [5.41, 5.74) is 1.05. The fraction of sp³-hybridized carbons (Fsp3) is 0.400. The first-order chi connectivity index (χ1) is 14.7. The molecule has 4 rings (SSSR count). The molecule has 10 heteroatoms. The number of hydrogen-bond acceptors (Lipinski definition) is 7. The lowest BCUT2D eigenvalue weighted by atomic mass is 10.1. The van der Waals surface area contributed by atoms with Crippen LogP contribution in [0.1, 0.15) is 30.2 Å². The van der Waals surface area contributed by atoms with E-state index in [1.807, 2.05) is 36.4 Å². The van der Waals surface area contributed by atoms with Crippen molar-refractivity contribution in [3.63, 3.8) is 0 Å². The molecule has 1 saturated heterocycles. The van der Waals surface area contributed by atoms with Crippen molar-refractivity contribution in [1.29, 1.82) is 0 Å². The van der Waals surface area contributed by atoms with E-state index in [0.29, 0.717) is 18.2 Å². The van der Waals surface area contributed by atoms with Crippen molar-refractivity contribution in [2.75, 3.05) is 25.4 Å². The van der Waals surface area contributed by atoms with E-state index in [1.165, 1.54) is 24.6 Å². The van der Waals surface area contributed by atoms with Crippen LogP contribution < -0.4 is 5.32 Å². The van der Waals surface area contributed by atoms with Crippen molar-refractivity contribution in [3.05, 3.63) is 59.0 Å². The SMILES string of the molecule is O=C(CSc1nnnn1Cc1ccco1)NC[C@@H](c1ccccc1Cl)N1CCCC1. The van der Waals surface area contributed by atoms with Crippen LogP contribution in [0.4, 0.5) is 0 Å². The van der Waals surface area contributed by atoms with Gasteiger partial charge in [-0.15, -0.1) is 5.10 Å². The zero-order valence-electron chi connectivity index (χ0n) is 16.4. The first-order valence-corrected chi connectivity index (χ1v) is 11.2. The third-order valence-corrected chi connectivity index (χ3v) is 6.36. The Bertz CT molecular complexity index is 958. The standard InChI is InChI=1S/C20H23ClN6O2S/c21-17-8-2-1-7-16(17)18(26-9-3-4-10-26)12-22-19(28)14-30-20-23-24-25-27(20)13-15-6-5-11-29-15/h1-2,5-8,11,18H,3-4,9-10,12-14H2,(H,22,28)/t18-/m0/s1. The third-order valence-electron chi connectivity index (χ3n) is 5.06. The van der Waals surface area contributed by atoms with Crippen LogP contribution in [0.25, 0.3) is 0 Å². The van der Waals surface area contributed by atoms with Gasteiger partial charge < -0.3 is 9.73 Å². The minimum absolute atomic E-state index is 0.0659. The van der Waals surface area contributed by atoms with Crippen molar-refractivity contribution >= 4 is 29.3 Å². The highest BCUT2D eigenvalue weighted by molar-refractivity contribution is 7.99. The van der Waals surface area contributed by atoms with Crippen molar-refractivity contribution in [1.82, 2.24) is 30.4 Å². The number of furan rings is 1. The molecule has 1 atom stereocenters. The number of carbonyl (C=O) groups excluding carboxylic acids is 1. The molecule has 0 aliphatic carbocycles. The molecule has 158 valence electrons. The predicted molar refractivity (Wildman–Crippen MR) is 114 cm³/mol. The minimum Gasteiger partial charge on any atom is -0.467 e. The van der Waals surface area contributed by atoms with Crippen molar-refractivity contribution in [3.8, 4) is 0 Å². The zero-order chi connectivity index (χ0) is 20.8. The lowest BCUT2D eigenvalue weighted by molar-refractivity contribution is -0.118. The molecule has 0 saturated carbocycles. The Hall–Kier alpha value is -2.36. The summed E-state index contributed by atoms with van der Waals surface area (Å²) >= 11 is 7.74. The molecule has 1 aliphatic heterocycles. The molecule has 2 aromatic heterocycles. The first-order valence-electron chi connectivity index (χ1n) is 9.87. The van der Waals surface area contributed by atoms with E-state index in [-0.39, 0.29) is 17.7 Å². The highest BCUT2D eigenvalue weighted by Crippen LogP contribution is 2.29. The molecule has 0 radical (unpaired) electrons. The molecule has 1 aromatic carbocycles. The summed E-state index contributed by atoms with van der Waals surface area (Å²) in [6.07, 6.45) is 3.95. The van der Waals surface area contributed by atoms with Crippen LogP contribution in [-0.2, 0) is 11.3 Å². The van der Waals surface area contributed by atoms with Crippen molar-refractivity contribution in [2.45, 2.75) is 30.6 Å². The van der Waals surface area contributed by atoms with Gasteiger partial charge in [0.15, 0.2) is 0 Å². The summed E-state index contributed by atoms with van der Waals surface area (Å²) in [7, 11) is 0. The van der Waals surface area contributed by atoms with Crippen LogP contribution in [0.15, 0.2) is 52.2 Å². The molecule has 3 aromatic rings. The number of hydrogen-bond donors (Lipinski definition) is 1. The Kier molecular flexibility index (Phi) is 7.03. The summed E-state index contributed by atoms with van der Waals surface area (Å²) in [4.78, 5) is 14.9. The van der Waals surface area contributed by atoms with E-state index in [9.17, 15) is 4.79 Å². The van der Waals surface area contributed by atoms with E-state index in [2.05, 4.69) is 25.7 Å². The number of tetrazole rings is 1. The van der Waals surface area contributed by atoms with Gasteiger partial charge in [0.1, 0.15) is 12.3 Å². The maximum atomic E-state index is 12.5. The second-order valence-electron chi connectivity index (χ2n) is 7.07. The van der Waals surface area contributed by atoms with E-state index >= 15 is 0 Å². The quantitative estimate of drug-likeness (QED) is 0.505. The number of aromatic nitrogens is 4. The van der Waals surface area contributed by atoms with E-state index in [1.54, 1.807) is 10.9 Å². The smallest absolute Gasteiger partial charge is 0.230 e. The monoisotopic (exact) mass is 446 g/mol. The van der Waals surface area contributed by atoms with E-state index in [4.69, 9.17) is 16.0 Å². The van der Waals surface area contributed by atoms with Gasteiger partial charge in [0.2, 0.25) is 11.1 Å². The van der Waals surface area contributed by atoms with Gasteiger partial charge in [-0.25, -0.2) is 4.68 Å². The van der Waals surface area contributed by atoms with Gasteiger partial charge in [0.05, 0.1) is 18.1 Å². The number of halogens is 1. The number of nitrogens with zero attached hydrogens (tertiary/aromatic N) is 5. The molecule has 30 heavy (non-hydrogen) atoms. The maximum Gasteiger partial charge on any atom is 0.230 e. The van der Waals surface area contributed by atoms with Crippen molar-refractivity contribution < 1.29 is 9.21 Å². The molecule has 1 aliphatic rings. The number of thioether (sulfide) groups is 1. The predicted octanol–water partition coefficient (Wildman–Crippen LogP) is 3.01. The fourth-order valence-corrected chi connectivity index (χ4v) is 4.54. The summed E-state index contributed by atoms with van der Waals surface area (Å²) in [5.74, 6) is 0.916. The highest BCUT2D eigenvalue weighted by Gasteiger charge is 2.25. The number of benzene rings is 1. The maximum absolute atomic E-state index is 12.5. The molecular formula is C20H23ClN6O2S. The van der Waals surface area contributed by atoms with Gasteiger partial charge in [-0.3, -0.25) is 9.69 Å². The van der Waals surface area contributed by atoms with Gasteiger partial charge in [0, 0.05) is 11.6 Å². The Morgan fingerprint density at radius 2 is 2.07 bits per heavy atom. The van der Waals surface area contributed by atoms with E-state index in [0.717, 1.165) is 29.4 Å². The number of likely N-dealkylation sites (tertiary alicyclic amines) is 1. The Labute approximate surface area is 183 Å². The van der Waals surface area contributed by atoms with Crippen molar-refractivity contribution in [2.24, 2.45) is 0 Å². The van der Waals surface area contributed by atoms with E-state index < -0.39 is 0 Å². The Morgan fingerprint density at radius 3 is 2.83 bits per heavy atom. The molecule has 1 N–H and O–H groups in total. The van der Waals surface area contributed by atoms with Crippen LogP contribution >= 0.6 is 23.4 Å². The van der Waals surface area contributed by atoms with Crippen LogP contribution in [0.2, 0.25) is 5.02 Å². The normalized spacial score (nSPS) is 15.4. The molecular weight excluding hydrogens is 424 g/mol. The molecule has 1 fully saturated rings. The largest absolute Gasteiger partial charge is 0.467 e. The third kappa shape index (κ3) is 5.21. The number of rotatable bonds is 9. The van der Waals surface area contributed by atoms with Gasteiger partial charge in [0.25, 0.3) is 0 Å². The average Bonchev–Trinajstić information content (AvgIpc) is 3.52. The Morgan fingerprint density at radius 1 is 1.23 bits per heavy atom. The summed E-state index contributed by atoms with van der Waals surface area (Å²) in [5, 5.41) is 16.0. The van der Waals surface area contributed by atoms with Gasteiger partial charge in [-0.2, -0.15) is 0 Å². The number of amides is 1. The molecule has 0 bridgehead atoms. The second kappa shape index (κ2) is 10.1. The molecule has 3 heterocycles. The topological polar surface area (TPSA) is 89.1 Å².